The highest BCUT2D eigenvalue weighted by molar-refractivity contribution is 5.88. The fourth-order valence-corrected chi connectivity index (χ4v) is 6.59. The van der Waals surface area contributed by atoms with E-state index < -0.39 is 11.9 Å². The maximum Gasteiger partial charge on any atom is 0.333 e. The Bertz CT molecular complexity index is 890. The normalized spacial score (nSPS) is 11.1. The maximum absolute atomic E-state index is 12.7. The smallest absolute Gasteiger partial charge is 0.333 e. The fourth-order valence-electron chi connectivity index (χ4n) is 6.59. The third-order valence-electron chi connectivity index (χ3n) is 10.5. The number of hydrogen-bond donors (Lipinski definition) is 2. The summed E-state index contributed by atoms with van der Waals surface area (Å²) in [4.78, 5) is 31.9. The molecule has 2 N–H and O–H groups in total. The number of esters is 1. The van der Waals surface area contributed by atoms with Crippen LogP contribution in [0.5, 0.6) is 0 Å². The molecule has 6 heteroatoms. The molecule has 0 saturated carbocycles. The molecule has 1 atom stereocenters. The number of carboxylic acids is 2. The van der Waals surface area contributed by atoms with Crippen molar-refractivity contribution in [1.82, 2.24) is 0 Å². The van der Waals surface area contributed by atoms with Gasteiger partial charge in [-0.05, 0) is 39.0 Å². The van der Waals surface area contributed by atoms with E-state index in [0.717, 1.165) is 31.3 Å². The van der Waals surface area contributed by atoms with Crippen molar-refractivity contribution in [3.05, 3.63) is 36.5 Å². The minimum absolute atomic E-state index is 0.134. The molecule has 0 aromatic heterocycles. The molecule has 0 amide bonds. The first-order chi connectivity index (χ1) is 27.0. The van der Waals surface area contributed by atoms with Crippen molar-refractivity contribution in [1.29, 1.82) is 0 Å². The summed E-state index contributed by atoms with van der Waals surface area (Å²) in [5.41, 5.74) is 1.10. The van der Waals surface area contributed by atoms with Gasteiger partial charge in [0.2, 0.25) is 0 Å². The Hall–Kier alpha value is -2.37. The molecule has 0 spiro atoms. The predicted molar refractivity (Wildman–Crippen MR) is 242 cm³/mol. The van der Waals surface area contributed by atoms with E-state index in [1.54, 1.807) is 0 Å². The van der Waals surface area contributed by atoms with Crippen LogP contribution in [0.15, 0.2) is 36.5 Å². The highest BCUT2D eigenvalue weighted by atomic mass is 16.5. The van der Waals surface area contributed by atoms with Crippen LogP contribution in [-0.2, 0) is 19.1 Å². The van der Waals surface area contributed by atoms with Gasteiger partial charge in [0.25, 0.3) is 0 Å². The highest BCUT2D eigenvalue weighted by Gasteiger charge is 2.20. The molecule has 0 aliphatic carbocycles. The number of carbonyl (C=O) groups is 3. The van der Waals surface area contributed by atoms with Gasteiger partial charge >= 0.3 is 17.9 Å². The summed E-state index contributed by atoms with van der Waals surface area (Å²) in [6.45, 7) is 20.7. The zero-order chi connectivity index (χ0) is 42.5. The van der Waals surface area contributed by atoms with Crippen LogP contribution in [0, 0.1) is 5.92 Å². The number of carboxylic acid groups (broad SMARTS) is 2. The molecule has 0 saturated heterocycles. The number of hydrogen-bond acceptors (Lipinski definition) is 4. The largest absolute Gasteiger partial charge is 0.478 e. The van der Waals surface area contributed by atoms with Crippen LogP contribution < -0.4 is 0 Å². The number of carbonyl (C=O) groups excluding carboxylic acids is 1. The molecular weight excluding hydrogens is 697 g/mol. The number of rotatable bonds is 39. The second-order valence-corrected chi connectivity index (χ2v) is 16.4. The van der Waals surface area contributed by atoms with Crippen LogP contribution in [-0.4, -0.2) is 34.7 Å². The average Bonchev–Trinajstić information content (AvgIpc) is 3.17. The monoisotopic (exact) mass is 791 g/mol. The van der Waals surface area contributed by atoms with Gasteiger partial charge in [-0.25, -0.2) is 14.4 Å². The summed E-state index contributed by atoms with van der Waals surface area (Å²) >= 11 is 0. The summed E-state index contributed by atoms with van der Waals surface area (Å²) in [5.74, 6) is -1.69. The van der Waals surface area contributed by atoms with Gasteiger partial charge in [-0.1, -0.05) is 240 Å². The molecule has 330 valence electrons. The van der Waals surface area contributed by atoms with Crippen LogP contribution in [0.25, 0.3) is 0 Å². The van der Waals surface area contributed by atoms with Crippen LogP contribution in [0.4, 0.5) is 0 Å². The summed E-state index contributed by atoms with van der Waals surface area (Å²) in [5, 5.41) is 15.8. The van der Waals surface area contributed by atoms with E-state index in [4.69, 9.17) is 14.9 Å². The second kappa shape index (κ2) is 47.0. The van der Waals surface area contributed by atoms with Gasteiger partial charge in [0.15, 0.2) is 0 Å². The summed E-state index contributed by atoms with van der Waals surface area (Å²) in [6, 6.07) is 0. The first-order valence-electron chi connectivity index (χ1n) is 23.6. The van der Waals surface area contributed by atoms with Crippen LogP contribution in [0.2, 0.25) is 0 Å². The molecule has 0 aliphatic rings. The Morgan fingerprint density at radius 3 is 0.839 bits per heavy atom. The van der Waals surface area contributed by atoms with E-state index in [1.807, 2.05) is 0 Å². The van der Waals surface area contributed by atoms with Crippen molar-refractivity contribution >= 4 is 17.9 Å². The standard InChI is InChI=1S/C42H82O2.2C4H6O2/c1-5-8-11-13-15-17-19-21-23-24-26-28-30-32-34-36-38-41(40(4)42(43)44-39-10-7-3)37-35-33-31-29-27-25-22-20-18-16-14-12-9-6-2;2*1-3(2)4(5)6/h41H,4-39H2,1-3H3;2*1H2,2H3,(H,5,6). The zero-order valence-corrected chi connectivity index (χ0v) is 38.0. The molecule has 6 nitrogen and oxygen atoms in total. The molecule has 0 aliphatic heterocycles. The third kappa shape index (κ3) is 47.8. The lowest BCUT2D eigenvalue weighted by atomic mass is 9.88. The van der Waals surface area contributed by atoms with Crippen molar-refractivity contribution in [3.63, 3.8) is 0 Å². The summed E-state index contributed by atoms with van der Waals surface area (Å²) in [6.07, 6.45) is 46.0. The van der Waals surface area contributed by atoms with Crippen molar-refractivity contribution in [2.45, 2.75) is 253 Å². The molecule has 0 rings (SSSR count). The van der Waals surface area contributed by atoms with E-state index in [0.29, 0.717) is 12.5 Å². The predicted octanol–water partition coefficient (Wildman–Crippen LogP) is 16.3. The molecule has 1 unspecified atom stereocenters. The number of ether oxygens (including phenoxy) is 1. The van der Waals surface area contributed by atoms with Crippen molar-refractivity contribution in [3.8, 4) is 0 Å². The lowest BCUT2D eigenvalue weighted by Crippen LogP contribution is -2.16. The average molecular weight is 791 g/mol. The van der Waals surface area contributed by atoms with Gasteiger partial charge in [-0.3, -0.25) is 0 Å². The van der Waals surface area contributed by atoms with E-state index in [2.05, 4.69) is 40.5 Å². The summed E-state index contributed by atoms with van der Waals surface area (Å²) < 4.78 is 5.54. The molecule has 0 bridgehead atoms. The summed E-state index contributed by atoms with van der Waals surface area (Å²) in [7, 11) is 0. The lowest BCUT2D eigenvalue weighted by Gasteiger charge is -2.19. The Labute approximate surface area is 348 Å². The van der Waals surface area contributed by atoms with Gasteiger partial charge in [-0.15, -0.1) is 0 Å². The molecule has 0 fully saturated rings. The van der Waals surface area contributed by atoms with Crippen molar-refractivity contribution in [2.75, 3.05) is 6.61 Å². The van der Waals surface area contributed by atoms with E-state index >= 15 is 0 Å². The Kier molecular flexibility index (Phi) is 48.6. The van der Waals surface area contributed by atoms with Gasteiger partial charge < -0.3 is 14.9 Å². The van der Waals surface area contributed by atoms with Gasteiger partial charge in [0.05, 0.1) is 6.61 Å². The zero-order valence-electron chi connectivity index (χ0n) is 38.0. The number of unbranched alkanes of at least 4 members (excludes halogenated alkanes) is 29. The van der Waals surface area contributed by atoms with E-state index in [-0.39, 0.29) is 17.1 Å². The van der Waals surface area contributed by atoms with Crippen LogP contribution in [0.3, 0.4) is 0 Å². The topological polar surface area (TPSA) is 101 Å². The minimum atomic E-state index is -0.935. The SMILES string of the molecule is C=C(C(=O)OCCCC)C(CCCCCCCCCCCCCCCC)CCCCCCCCCCCCCCCCCC.C=C(C)C(=O)O.C=C(C)C(=O)O. The lowest BCUT2D eigenvalue weighted by molar-refractivity contribution is -0.140. The quantitative estimate of drug-likeness (QED) is 0.0365. The first-order valence-corrected chi connectivity index (χ1v) is 23.6. The fraction of sp³-hybridized carbons (Fsp3) is 0.820. The van der Waals surface area contributed by atoms with E-state index in [9.17, 15) is 14.4 Å². The molecular formula is C50H94O6. The van der Waals surface area contributed by atoms with Gasteiger partial charge in [0, 0.05) is 16.7 Å². The molecule has 0 aromatic carbocycles. The first kappa shape index (κ1) is 58.0. The Balaban J connectivity index is -0.00000201. The van der Waals surface area contributed by atoms with Crippen LogP contribution in [0.1, 0.15) is 253 Å². The molecule has 0 heterocycles. The Morgan fingerprint density at radius 2 is 0.625 bits per heavy atom. The maximum atomic E-state index is 12.7. The van der Waals surface area contributed by atoms with Gasteiger partial charge in [0.1, 0.15) is 0 Å². The minimum Gasteiger partial charge on any atom is -0.478 e. The molecule has 0 radical (unpaired) electrons. The van der Waals surface area contributed by atoms with Crippen LogP contribution >= 0.6 is 0 Å². The number of aliphatic carboxylic acids is 2. The van der Waals surface area contributed by atoms with Crippen molar-refractivity contribution < 1.29 is 29.3 Å². The molecule has 56 heavy (non-hydrogen) atoms. The molecule has 0 aromatic rings. The second-order valence-electron chi connectivity index (χ2n) is 16.4. The Morgan fingerprint density at radius 1 is 0.411 bits per heavy atom. The highest BCUT2D eigenvalue weighted by Crippen LogP contribution is 2.26. The van der Waals surface area contributed by atoms with Crippen molar-refractivity contribution in [2.24, 2.45) is 5.92 Å². The van der Waals surface area contributed by atoms with E-state index in [1.165, 1.54) is 206 Å². The third-order valence-corrected chi connectivity index (χ3v) is 10.5. The van der Waals surface area contributed by atoms with Gasteiger partial charge in [-0.2, -0.15) is 0 Å².